The summed E-state index contributed by atoms with van der Waals surface area (Å²) < 4.78 is 15.7. The lowest BCUT2D eigenvalue weighted by Crippen LogP contribution is -2.35. The van der Waals surface area contributed by atoms with Gasteiger partial charge in [-0.3, -0.25) is 4.90 Å². The molecule has 1 aliphatic rings. The van der Waals surface area contributed by atoms with Crippen LogP contribution >= 0.6 is 11.3 Å². The first-order chi connectivity index (χ1) is 13.1. The Morgan fingerprint density at radius 3 is 2.89 bits per heavy atom. The van der Waals surface area contributed by atoms with Crippen LogP contribution in [0.2, 0.25) is 0 Å². The lowest BCUT2D eigenvalue weighted by atomic mass is 10.2. The molecule has 1 aromatic carbocycles. The van der Waals surface area contributed by atoms with Gasteiger partial charge in [-0.2, -0.15) is 0 Å². The molecule has 146 valence electrons. The van der Waals surface area contributed by atoms with Gasteiger partial charge in [0.1, 0.15) is 12.7 Å². The van der Waals surface area contributed by atoms with E-state index in [9.17, 15) is 9.90 Å². The number of esters is 1. The van der Waals surface area contributed by atoms with Crippen LogP contribution < -0.4 is 9.47 Å². The van der Waals surface area contributed by atoms with Crippen molar-refractivity contribution in [3.05, 3.63) is 46.2 Å². The van der Waals surface area contributed by atoms with Crippen molar-refractivity contribution < 1.29 is 24.1 Å². The third-order valence-corrected chi connectivity index (χ3v) is 5.67. The van der Waals surface area contributed by atoms with Crippen LogP contribution in [0.1, 0.15) is 34.1 Å². The highest BCUT2D eigenvalue weighted by Crippen LogP contribution is 2.34. The van der Waals surface area contributed by atoms with Crippen LogP contribution in [-0.2, 0) is 4.74 Å². The average Bonchev–Trinajstić information content (AvgIpc) is 3.37. The highest BCUT2D eigenvalue weighted by molar-refractivity contribution is 7.10. The molecule has 2 aromatic rings. The van der Waals surface area contributed by atoms with Crippen LogP contribution in [0.5, 0.6) is 11.5 Å². The molecule has 0 aliphatic carbocycles. The second-order valence-corrected chi connectivity index (χ2v) is 7.47. The zero-order valence-corrected chi connectivity index (χ0v) is 16.4. The minimum atomic E-state index is -0.615. The Hall–Kier alpha value is -2.09. The van der Waals surface area contributed by atoms with Crippen molar-refractivity contribution in [1.29, 1.82) is 0 Å². The minimum Gasteiger partial charge on any atom is -0.493 e. The molecule has 6 nitrogen and oxygen atoms in total. The molecule has 0 bridgehead atoms. The van der Waals surface area contributed by atoms with E-state index < -0.39 is 12.1 Å². The lowest BCUT2D eigenvalue weighted by molar-refractivity contribution is 0.0596. The van der Waals surface area contributed by atoms with Gasteiger partial charge in [-0.1, -0.05) is 6.07 Å². The average molecular weight is 391 g/mol. The molecular formula is C20H25NO5S. The summed E-state index contributed by atoms with van der Waals surface area (Å²) >= 11 is 1.76. The van der Waals surface area contributed by atoms with Crippen molar-refractivity contribution in [2.24, 2.45) is 0 Å². The largest absolute Gasteiger partial charge is 0.493 e. The molecule has 27 heavy (non-hydrogen) atoms. The van der Waals surface area contributed by atoms with Crippen LogP contribution in [0.15, 0.2) is 35.7 Å². The number of likely N-dealkylation sites (tertiary alicyclic amines) is 1. The number of methoxy groups -OCH3 is 2. The molecule has 7 heteroatoms. The van der Waals surface area contributed by atoms with Gasteiger partial charge >= 0.3 is 5.97 Å². The van der Waals surface area contributed by atoms with Crippen molar-refractivity contribution in [1.82, 2.24) is 4.90 Å². The number of benzene rings is 1. The van der Waals surface area contributed by atoms with Gasteiger partial charge in [0.05, 0.1) is 19.8 Å². The van der Waals surface area contributed by atoms with Gasteiger partial charge in [0.15, 0.2) is 11.5 Å². The second kappa shape index (κ2) is 9.21. The molecular weight excluding hydrogens is 366 g/mol. The number of hydrogen-bond acceptors (Lipinski definition) is 7. The molecule has 1 N–H and O–H groups in total. The molecule has 2 atom stereocenters. The number of carbonyl (C=O) groups is 1. The minimum absolute atomic E-state index is 0.154. The quantitative estimate of drug-likeness (QED) is 0.698. The van der Waals surface area contributed by atoms with E-state index in [0.29, 0.717) is 29.6 Å². The summed E-state index contributed by atoms with van der Waals surface area (Å²) in [6.45, 7) is 1.70. The summed E-state index contributed by atoms with van der Waals surface area (Å²) in [5.41, 5.74) is 0.387. The number of nitrogens with zero attached hydrogens (tertiary/aromatic N) is 1. The second-order valence-electron chi connectivity index (χ2n) is 6.49. The Labute approximate surface area is 163 Å². The number of β-amino-alcohol motifs (C(OH)–C–C–N with tert-alkyl or cyclic N) is 1. The zero-order valence-electron chi connectivity index (χ0n) is 15.6. The number of rotatable bonds is 8. The number of aliphatic hydroxyl groups excluding tert-OH is 1. The Morgan fingerprint density at radius 1 is 1.33 bits per heavy atom. The fraction of sp³-hybridized carbons (Fsp3) is 0.450. The predicted molar refractivity (Wildman–Crippen MR) is 104 cm³/mol. The molecule has 0 radical (unpaired) electrons. The van der Waals surface area contributed by atoms with Gasteiger partial charge < -0.3 is 19.3 Å². The van der Waals surface area contributed by atoms with E-state index in [0.717, 1.165) is 19.4 Å². The Kier molecular flexibility index (Phi) is 6.71. The number of carbonyl (C=O) groups excluding carboxylic acids is 1. The maximum Gasteiger partial charge on any atom is 0.337 e. The van der Waals surface area contributed by atoms with Crippen LogP contribution in [0, 0.1) is 0 Å². The van der Waals surface area contributed by atoms with Crippen LogP contribution in [0.25, 0.3) is 0 Å². The first-order valence-corrected chi connectivity index (χ1v) is 9.85. The van der Waals surface area contributed by atoms with Crippen molar-refractivity contribution in [2.45, 2.75) is 25.0 Å². The molecule has 0 saturated carbocycles. The number of ether oxygens (including phenoxy) is 3. The summed E-state index contributed by atoms with van der Waals surface area (Å²) in [6.07, 6.45) is 1.64. The third-order valence-electron chi connectivity index (χ3n) is 4.70. The summed E-state index contributed by atoms with van der Waals surface area (Å²) in [5.74, 6) is 0.483. The first kappa shape index (κ1) is 19.7. The lowest BCUT2D eigenvalue weighted by Gasteiger charge is -2.26. The van der Waals surface area contributed by atoms with Gasteiger partial charge in [0, 0.05) is 17.5 Å². The molecule has 1 fully saturated rings. The molecule has 0 amide bonds. The predicted octanol–water partition coefficient (Wildman–Crippen LogP) is 3.12. The van der Waals surface area contributed by atoms with E-state index >= 15 is 0 Å². The van der Waals surface area contributed by atoms with Gasteiger partial charge in [-0.15, -0.1) is 11.3 Å². The fourth-order valence-electron chi connectivity index (χ4n) is 3.39. The summed E-state index contributed by atoms with van der Waals surface area (Å²) in [7, 11) is 2.84. The number of hydrogen-bond donors (Lipinski definition) is 1. The van der Waals surface area contributed by atoms with Gasteiger partial charge in [0.25, 0.3) is 0 Å². The van der Waals surface area contributed by atoms with Crippen molar-refractivity contribution in [2.75, 3.05) is 33.9 Å². The number of thiophene rings is 1. The Balaban J connectivity index is 1.57. The molecule has 0 unspecified atom stereocenters. The monoisotopic (exact) mass is 391 g/mol. The van der Waals surface area contributed by atoms with E-state index in [2.05, 4.69) is 22.4 Å². The van der Waals surface area contributed by atoms with Gasteiger partial charge in [-0.05, 0) is 49.0 Å². The Morgan fingerprint density at radius 2 is 2.19 bits per heavy atom. The van der Waals surface area contributed by atoms with E-state index in [4.69, 9.17) is 14.2 Å². The van der Waals surface area contributed by atoms with Crippen molar-refractivity contribution in [3.63, 3.8) is 0 Å². The highest BCUT2D eigenvalue weighted by Gasteiger charge is 2.28. The highest BCUT2D eigenvalue weighted by atomic mass is 32.1. The van der Waals surface area contributed by atoms with E-state index in [1.54, 1.807) is 29.5 Å². The van der Waals surface area contributed by atoms with Gasteiger partial charge in [0.2, 0.25) is 0 Å². The summed E-state index contributed by atoms with van der Waals surface area (Å²) in [4.78, 5) is 15.3. The zero-order chi connectivity index (χ0) is 19.2. The summed E-state index contributed by atoms with van der Waals surface area (Å²) in [6, 6.07) is 9.45. The maximum absolute atomic E-state index is 11.6. The fourth-order valence-corrected chi connectivity index (χ4v) is 4.28. The Bertz CT molecular complexity index is 749. The van der Waals surface area contributed by atoms with Crippen LogP contribution in [0.4, 0.5) is 0 Å². The maximum atomic E-state index is 11.6. The van der Waals surface area contributed by atoms with Crippen molar-refractivity contribution >= 4 is 17.3 Å². The molecule has 1 aromatic heterocycles. The van der Waals surface area contributed by atoms with E-state index in [1.807, 2.05) is 0 Å². The van der Waals surface area contributed by atoms with Crippen LogP contribution in [0.3, 0.4) is 0 Å². The molecule has 1 aliphatic heterocycles. The standard InChI is InChI=1S/C20H25NO5S/c1-24-18-11-14(20(23)25-2)7-8-17(18)26-13-15(22)12-21-9-3-5-16(21)19-6-4-10-27-19/h4,6-8,10-11,15-16,22H,3,5,9,12-13H2,1-2H3/t15-,16+/m0/s1. The van der Waals surface area contributed by atoms with E-state index in [1.165, 1.54) is 19.1 Å². The smallest absolute Gasteiger partial charge is 0.337 e. The SMILES string of the molecule is COC(=O)c1ccc(OC[C@@H](O)CN2CCC[C@@H]2c2cccs2)c(OC)c1. The summed E-state index contributed by atoms with van der Waals surface area (Å²) in [5, 5.41) is 12.5. The van der Waals surface area contributed by atoms with Crippen LogP contribution in [-0.4, -0.2) is 56.0 Å². The number of aliphatic hydroxyl groups is 1. The van der Waals surface area contributed by atoms with E-state index in [-0.39, 0.29) is 6.61 Å². The molecule has 1 saturated heterocycles. The first-order valence-electron chi connectivity index (χ1n) is 8.97. The van der Waals surface area contributed by atoms with Crippen molar-refractivity contribution in [3.8, 4) is 11.5 Å². The molecule has 2 heterocycles. The van der Waals surface area contributed by atoms with Gasteiger partial charge in [-0.25, -0.2) is 4.79 Å². The molecule has 3 rings (SSSR count). The topological polar surface area (TPSA) is 68.2 Å². The molecule has 0 spiro atoms. The third kappa shape index (κ3) is 4.80. The normalized spacial score (nSPS) is 18.3.